The summed E-state index contributed by atoms with van der Waals surface area (Å²) in [6, 6.07) is 3.72. The van der Waals surface area contributed by atoms with Gasteiger partial charge in [-0.3, -0.25) is 4.79 Å². The highest BCUT2D eigenvalue weighted by Crippen LogP contribution is 2.27. The van der Waals surface area contributed by atoms with Crippen LogP contribution in [-0.2, 0) is 4.79 Å². The molecule has 1 aromatic carbocycles. The van der Waals surface area contributed by atoms with E-state index in [2.05, 4.69) is 15.3 Å². The lowest BCUT2D eigenvalue weighted by atomic mass is 10.2. The molecule has 0 aliphatic rings. The number of hydrogen-bond donors (Lipinski definition) is 2. The van der Waals surface area contributed by atoms with Crippen LogP contribution in [0, 0.1) is 0 Å². The SMILES string of the molecule is CC(C)N(C(=O)CNc1nc2cc(Cl)c(Cl)cc2[nH]1)C(C)C. The van der Waals surface area contributed by atoms with Crippen LogP contribution in [0.1, 0.15) is 27.7 Å². The van der Waals surface area contributed by atoms with Gasteiger partial charge >= 0.3 is 0 Å². The minimum atomic E-state index is 0.0292. The zero-order valence-corrected chi connectivity index (χ0v) is 14.6. The summed E-state index contributed by atoms with van der Waals surface area (Å²) in [5, 5.41) is 3.94. The van der Waals surface area contributed by atoms with Gasteiger partial charge in [0.2, 0.25) is 11.9 Å². The molecule has 0 spiro atoms. The van der Waals surface area contributed by atoms with E-state index >= 15 is 0 Å². The van der Waals surface area contributed by atoms with Gasteiger partial charge in [-0.05, 0) is 39.8 Å². The fourth-order valence-electron chi connectivity index (χ4n) is 2.51. The van der Waals surface area contributed by atoms with Crippen molar-refractivity contribution in [3.8, 4) is 0 Å². The van der Waals surface area contributed by atoms with E-state index < -0.39 is 0 Å². The molecule has 1 aromatic heterocycles. The fraction of sp³-hybridized carbons (Fsp3) is 0.467. The van der Waals surface area contributed by atoms with E-state index in [0.717, 1.165) is 5.52 Å². The van der Waals surface area contributed by atoms with Crippen LogP contribution in [0.2, 0.25) is 10.0 Å². The van der Waals surface area contributed by atoms with Gasteiger partial charge in [0.25, 0.3) is 0 Å². The third kappa shape index (κ3) is 3.65. The smallest absolute Gasteiger partial charge is 0.242 e. The monoisotopic (exact) mass is 342 g/mol. The van der Waals surface area contributed by atoms with Crippen molar-refractivity contribution < 1.29 is 4.79 Å². The molecule has 0 fully saturated rings. The summed E-state index contributed by atoms with van der Waals surface area (Å²) < 4.78 is 0. The lowest BCUT2D eigenvalue weighted by Crippen LogP contribution is -2.44. The molecule has 0 unspecified atom stereocenters. The number of amides is 1. The van der Waals surface area contributed by atoms with Gasteiger partial charge in [-0.1, -0.05) is 23.2 Å². The van der Waals surface area contributed by atoms with Crippen molar-refractivity contribution in [2.45, 2.75) is 39.8 Å². The van der Waals surface area contributed by atoms with Crippen LogP contribution in [-0.4, -0.2) is 39.4 Å². The lowest BCUT2D eigenvalue weighted by molar-refractivity contribution is -0.132. The number of nitrogens with zero attached hydrogens (tertiary/aromatic N) is 2. The Kier molecular flexibility index (Phi) is 5.19. The second-order valence-corrected chi connectivity index (χ2v) is 6.53. The number of rotatable bonds is 5. The number of aromatic amines is 1. The van der Waals surface area contributed by atoms with E-state index in [0.29, 0.717) is 21.5 Å². The summed E-state index contributed by atoms with van der Waals surface area (Å²) in [5.74, 6) is 0.552. The second-order valence-electron chi connectivity index (χ2n) is 5.71. The third-order valence-corrected chi connectivity index (χ3v) is 4.05. The average molecular weight is 343 g/mol. The van der Waals surface area contributed by atoms with E-state index in [4.69, 9.17) is 23.2 Å². The van der Waals surface area contributed by atoms with Crippen LogP contribution in [0.4, 0.5) is 5.95 Å². The summed E-state index contributed by atoms with van der Waals surface area (Å²) in [4.78, 5) is 21.6. The van der Waals surface area contributed by atoms with Crippen LogP contribution in [0.15, 0.2) is 12.1 Å². The zero-order chi connectivity index (χ0) is 16.4. The number of hydrogen-bond acceptors (Lipinski definition) is 3. The van der Waals surface area contributed by atoms with Crippen molar-refractivity contribution in [1.29, 1.82) is 0 Å². The molecule has 1 heterocycles. The van der Waals surface area contributed by atoms with Gasteiger partial charge in [0.05, 0.1) is 27.6 Å². The van der Waals surface area contributed by atoms with Gasteiger partial charge in [0.15, 0.2) is 0 Å². The molecule has 0 radical (unpaired) electrons. The van der Waals surface area contributed by atoms with Crippen molar-refractivity contribution in [1.82, 2.24) is 14.9 Å². The molecular weight excluding hydrogens is 323 g/mol. The number of anilines is 1. The Hall–Kier alpha value is -1.46. The number of fused-ring (bicyclic) bond motifs is 1. The Morgan fingerprint density at radius 2 is 1.82 bits per heavy atom. The minimum absolute atomic E-state index is 0.0292. The second kappa shape index (κ2) is 6.75. The number of H-pyrrole nitrogens is 1. The first kappa shape index (κ1) is 16.9. The lowest BCUT2D eigenvalue weighted by Gasteiger charge is -2.30. The van der Waals surface area contributed by atoms with E-state index in [-0.39, 0.29) is 24.5 Å². The number of benzene rings is 1. The molecule has 0 bridgehead atoms. The van der Waals surface area contributed by atoms with Gasteiger partial charge in [-0.15, -0.1) is 0 Å². The molecule has 7 heteroatoms. The van der Waals surface area contributed by atoms with Gasteiger partial charge in [0.1, 0.15) is 0 Å². The van der Waals surface area contributed by atoms with Crippen molar-refractivity contribution in [3.63, 3.8) is 0 Å². The molecule has 0 saturated carbocycles. The van der Waals surface area contributed by atoms with Gasteiger partial charge < -0.3 is 15.2 Å². The molecule has 2 rings (SSSR count). The maximum atomic E-state index is 12.3. The first-order valence-electron chi connectivity index (χ1n) is 7.19. The third-order valence-electron chi connectivity index (χ3n) is 3.33. The van der Waals surface area contributed by atoms with E-state index in [9.17, 15) is 4.79 Å². The highest BCUT2D eigenvalue weighted by molar-refractivity contribution is 6.42. The molecule has 0 aliphatic heterocycles. The molecule has 5 nitrogen and oxygen atoms in total. The Morgan fingerprint density at radius 1 is 1.23 bits per heavy atom. The molecule has 120 valence electrons. The van der Waals surface area contributed by atoms with E-state index in [1.807, 2.05) is 32.6 Å². The predicted molar refractivity (Wildman–Crippen MR) is 91.7 cm³/mol. The Bertz CT molecular complexity index is 634. The maximum Gasteiger partial charge on any atom is 0.242 e. The van der Waals surface area contributed by atoms with Crippen LogP contribution in [0.5, 0.6) is 0 Å². The maximum absolute atomic E-state index is 12.3. The van der Waals surface area contributed by atoms with Crippen LogP contribution >= 0.6 is 23.2 Å². The minimum Gasteiger partial charge on any atom is -0.347 e. The van der Waals surface area contributed by atoms with Gasteiger partial charge in [-0.2, -0.15) is 0 Å². The highest BCUT2D eigenvalue weighted by atomic mass is 35.5. The first-order valence-corrected chi connectivity index (χ1v) is 7.95. The van der Waals surface area contributed by atoms with Crippen molar-refractivity contribution in [2.75, 3.05) is 11.9 Å². The molecule has 0 saturated heterocycles. The normalized spacial score (nSPS) is 11.5. The van der Waals surface area contributed by atoms with Crippen molar-refractivity contribution >= 4 is 46.1 Å². The molecule has 0 aliphatic carbocycles. The van der Waals surface area contributed by atoms with Gasteiger partial charge in [-0.25, -0.2) is 4.98 Å². The van der Waals surface area contributed by atoms with E-state index in [1.54, 1.807) is 12.1 Å². The van der Waals surface area contributed by atoms with Crippen LogP contribution in [0.3, 0.4) is 0 Å². The average Bonchev–Trinajstić information content (AvgIpc) is 2.78. The van der Waals surface area contributed by atoms with Gasteiger partial charge in [0, 0.05) is 12.1 Å². The number of carbonyl (C=O) groups is 1. The first-order chi connectivity index (χ1) is 10.3. The zero-order valence-electron chi connectivity index (χ0n) is 13.1. The number of imidazole rings is 1. The Labute approximate surface area is 140 Å². The molecular formula is C15H20Cl2N4O. The molecule has 0 atom stereocenters. The topological polar surface area (TPSA) is 61.0 Å². The largest absolute Gasteiger partial charge is 0.347 e. The number of carbonyl (C=O) groups excluding carboxylic acids is 1. The number of halogens is 2. The quantitative estimate of drug-likeness (QED) is 0.865. The summed E-state index contributed by atoms with van der Waals surface area (Å²) in [6.07, 6.45) is 0. The summed E-state index contributed by atoms with van der Waals surface area (Å²) in [5.41, 5.74) is 1.47. The van der Waals surface area contributed by atoms with Crippen molar-refractivity contribution in [2.24, 2.45) is 0 Å². The number of aromatic nitrogens is 2. The highest BCUT2D eigenvalue weighted by Gasteiger charge is 2.19. The molecule has 22 heavy (non-hydrogen) atoms. The predicted octanol–water partition coefficient (Wildman–Crippen LogP) is 3.93. The van der Waals surface area contributed by atoms with Crippen LogP contribution in [0.25, 0.3) is 11.0 Å². The summed E-state index contributed by atoms with van der Waals surface area (Å²) >= 11 is 11.9. The summed E-state index contributed by atoms with van der Waals surface area (Å²) in [6.45, 7) is 8.19. The van der Waals surface area contributed by atoms with Crippen LogP contribution < -0.4 is 5.32 Å². The Morgan fingerprint density at radius 3 is 2.41 bits per heavy atom. The Balaban J connectivity index is 2.10. The molecule has 1 amide bonds. The van der Waals surface area contributed by atoms with Crippen molar-refractivity contribution in [3.05, 3.63) is 22.2 Å². The summed E-state index contributed by atoms with van der Waals surface area (Å²) in [7, 11) is 0. The number of nitrogens with one attached hydrogen (secondary N) is 2. The fourth-order valence-corrected chi connectivity index (χ4v) is 2.83. The molecule has 2 N–H and O–H groups in total. The standard InChI is InChI=1S/C15H20Cl2N4O/c1-8(2)21(9(3)4)14(22)7-18-15-19-12-5-10(16)11(17)6-13(12)20-15/h5-6,8-9H,7H2,1-4H3,(H2,18,19,20). The van der Waals surface area contributed by atoms with E-state index in [1.165, 1.54) is 0 Å². The molecule has 2 aromatic rings.